The van der Waals surface area contributed by atoms with Gasteiger partial charge in [-0.1, -0.05) is 13.0 Å². The zero-order valence-corrected chi connectivity index (χ0v) is 8.68. The molecule has 76 valence electrons. The number of nitrogens with one attached hydrogen (secondary N) is 1. The van der Waals surface area contributed by atoms with E-state index in [1.807, 2.05) is 0 Å². The minimum atomic E-state index is 0.865. The van der Waals surface area contributed by atoms with E-state index in [0.717, 1.165) is 38.2 Å². The summed E-state index contributed by atoms with van der Waals surface area (Å²) < 4.78 is 5.60. The smallest absolute Gasteiger partial charge is 0.124 e. The summed E-state index contributed by atoms with van der Waals surface area (Å²) in [5, 5.41) is 3.36. The molecule has 0 atom stereocenters. The van der Waals surface area contributed by atoms with E-state index in [1.165, 1.54) is 11.3 Å². The first-order chi connectivity index (χ1) is 6.90. The molecule has 2 heteroatoms. The number of ether oxygens (including phenoxy) is 1. The van der Waals surface area contributed by atoms with Crippen LogP contribution in [-0.2, 0) is 6.42 Å². The molecule has 2 nitrogen and oxygen atoms in total. The molecule has 0 aromatic heterocycles. The number of hydrogen-bond acceptors (Lipinski definition) is 2. The predicted octanol–water partition coefficient (Wildman–Crippen LogP) is 2.83. The topological polar surface area (TPSA) is 21.3 Å². The molecule has 0 unspecified atom stereocenters. The molecule has 2 rings (SSSR count). The third-order valence-corrected chi connectivity index (χ3v) is 2.49. The fourth-order valence-corrected chi connectivity index (χ4v) is 1.72. The zero-order valence-electron chi connectivity index (χ0n) is 8.68. The van der Waals surface area contributed by atoms with E-state index in [0.29, 0.717) is 0 Å². The normalized spacial score (nSPS) is 14.4. The van der Waals surface area contributed by atoms with Crippen LogP contribution in [0.5, 0.6) is 5.75 Å². The fourth-order valence-electron chi connectivity index (χ4n) is 1.72. The first kappa shape index (κ1) is 9.38. The zero-order chi connectivity index (χ0) is 9.80. The first-order valence-electron chi connectivity index (χ1n) is 5.40. The van der Waals surface area contributed by atoms with Crippen molar-refractivity contribution in [1.82, 2.24) is 0 Å². The summed E-state index contributed by atoms with van der Waals surface area (Å²) in [6, 6.07) is 6.43. The summed E-state index contributed by atoms with van der Waals surface area (Å²) in [5.74, 6) is 1.07. The Kier molecular flexibility index (Phi) is 2.92. The monoisotopic (exact) mass is 191 g/mol. The van der Waals surface area contributed by atoms with E-state index in [-0.39, 0.29) is 0 Å². The minimum Gasteiger partial charge on any atom is -0.493 e. The van der Waals surface area contributed by atoms with Gasteiger partial charge < -0.3 is 10.1 Å². The summed E-state index contributed by atoms with van der Waals surface area (Å²) in [7, 11) is 0. The lowest BCUT2D eigenvalue weighted by Crippen LogP contribution is -2.09. The molecule has 0 fully saturated rings. The van der Waals surface area contributed by atoms with Gasteiger partial charge in [-0.3, -0.25) is 0 Å². The van der Waals surface area contributed by atoms with Gasteiger partial charge in [0.1, 0.15) is 5.75 Å². The summed E-state index contributed by atoms with van der Waals surface area (Å²) >= 11 is 0. The van der Waals surface area contributed by atoms with E-state index in [1.54, 1.807) is 0 Å². The molecule has 0 bridgehead atoms. The van der Waals surface area contributed by atoms with Crippen molar-refractivity contribution in [1.29, 1.82) is 0 Å². The van der Waals surface area contributed by atoms with Gasteiger partial charge in [-0.25, -0.2) is 0 Å². The maximum absolute atomic E-state index is 5.60. The lowest BCUT2D eigenvalue weighted by molar-refractivity contribution is 0.288. The van der Waals surface area contributed by atoms with E-state index < -0.39 is 0 Å². The van der Waals surface area contributed by atoms with Crippen LogP contribution in [0, 0.1) is 0 Å². The molecule has 1 aromatic rings. The maximum atomic E-state index is 5.60. The summed E-state index contributed by atoms with van der Waals surface area (Å²) in [6.45, 7) is 4.06. The van der Waals surface area contributed by atoms with Gasteiger partial charge in [0.2, 0.25) is 0 Å². The van der Waals surface area contributed by atoms with Crippen molar-refractivity contribution in [2.75, 3.05) is 18.5 Å². The molecule has 0 radical (unpaired) electrons. The molecular formula is C12H17NO. The molecule has 0 aliphatic carbocycles. The molecule has 1 N–H and O–H groups in total. The molecule has 1 aliphatic rings. The largest absolute Gasteiger partial charge is 0.493 e. The SMILES string of the molecule is CCCNc1ccc2c(c1)OCCC2. The van der Waals surface area contributed by atoms with Gasteiger partial charge in [0.05, 0.1) is 6.61 Å². The second-order valence-corrected chi connectivity index (χ2v) is 3.70. The lowest BCUT2D eigenvalue weighted by Gasteiger charge is -2.18. The van der Waals surface area contributed by atoms with Gasteiger partial charge in [0.15, 0.2) is 0 Å². The number of aryl methyl sites for hydroxylation is 1. The van der Waals surface area contributed by atoms with Crippen molar-refractivity contribution < 1.29 is 4.74 Å². The third-order valence-electron chi connectivity index (χ3n) is 2.49. The molecule has 1 aromatic carbocycles. The standard InChI is InChI=1S/C12H17NO/c1-2-7-13-11-6-5-10-4-3-8-14-12(10)9-11/h5-6,9,13H,2-4,7-8H2,1H3. The van der Waals surface area contributed by atoms with Gasteiger partial charge in [-0.05, 0) is 30.9 Å². The Hall–Kier alpha value is -1.18. The Morgan fingerprint density at radius 3 is 3.21 bits per heavy atom. The van der Waals surface area contributed by atoms with Gasteiger partial charge in [-0.15, -0.1) is 0 Å². The van der Waals surface area contributed by atoms with E-state index in [2.05, 4.69) is 30.4 Å². The highest BCUT2D eigenvalue weighted by Gasteiger charge is 2.09. The summed E-state index contributed by atoms with van der Waals surface area (Å²) in [5.41, 5.74) is 2.52. The van der Waals surface area contributed by atoms with Gasteiger partial charge in [0, 0.05) is 18.3 Å². The van der Waals surface area contributed by atoms with E-state index in [9.17, 15) is 0 Å². The fraction of sp³-hybridized carbons (Fsp3) is 0.500. The first-order valence-corrected chi connectivity index (χ1v) is 5.40. The molecule has 0 saturated carbocycles. The van der Waals surface area contributed by atoms with Crippen LogP contribution >= 0.6 is 0 Å². The Bertz CT molecular complexity index is 309. The van der Waals surface area contributed by atoms with Crippen molar-refractivity contribution in [2.45, 2.75) is 26.2 Å². The average molecular weight is 191 g/mol. The Morgan fingerprint density at radius 2 is 2.36 bits per heavy atom. The molecule has 1 heterocycles. The second-order valence-electron chi connectivity index (χ2n) is 3.70. The highest BCUT2D eigenvalue weighted by Crippen LogP contribution is 2.27. The summed E-state index contributed by atoms with van der Waals surface area (Å²) in [4.78, 5) is 0. The Labute approximate surface area is 85.3 Å². The van der Waals surface area contributed by atoms with Crippen LogP contribution in [0.1, 0.15) is 25.3 Å². The van der Waals surface area contributed by atoms with Gasteiger partial charge in [0.25, 0.3) is 0 Å². The number of anilines is 1. The van der Waals surface area contributed by atoms with Gasteiger partial charge in [-0.2, -0.15) is 0 Å². The number of hydrogen-bond donors (Lipinski definition) is 1. The molecule has 0 saturated heterocycles. The van der Waals surface area contributed by atoms with Gasteiger partial charge >= 0.3 is 0 Å². The van der Waals surface area contributed by atoms with Crippen molar-refractivity contribution in [3.63, 3.8) is 0 Å². The second kappa shape index (κ2) is 4.36. The van der Waals surface area contributed by atoms with E-state index in [4.69, 9.17) is 4.74 Å². The molecule has 0 amide bonds. The molecule has 1 aliphatic heterocycles. The lowest BCUT2D eigenvalue weighted by atomic mass is 10.1. The highest BCUT2D eigenvalue weighted by atomic mass is 16.5. The van der Waals surface area contributed by atoms with Crippen LogP contribution < -0.4 is 10.1 Å². The van der Waals surface area contributed by atoms with Crippen molar-refractivity contribution >= 4 is 5.69 Å². The predicted molar refractivity (Wildman–Crippen MR) is 59.0 cm³/mol. The third kappa shape index (κ3) is 2.00. The Morgan fingerprint density at radius 1 is 1.43 bits per heavy atom. The maximum Gasteiger partial charge on any atom is 0.124 e. The molecular weight excluding hydrogens is 174 g/mol. The van der Waals surface area contributed by atoms with Crippen molar-refractivity contribution in [2.24, 2.45) is 0 Å². The van der Waals surface area contributed by atoms with Crippen LogP contribution in [0.2, 0.25) is 0 Å². The quantitative estimate of drug-likeness (QED) is 0.793. The minimum absolute atomic E-state index is 0.865. The van der Waals surface area contributed by atoms with Crippen LogP contribution in [0.3, 0.4) is 0 Å². The van der Waals surface area contributed by atoms with Crippen LogP contribution in [0.4, 0.5) is 5.69 Å². The highest BCUT2D eigenvalue weighted by molar-refractivity contribution is 5.52. The Balaban J connectivity index is 2.12. The number of rotatable bonds is 3. The van der Waals surface area contributed by atoms with Crippen LogP contribution in [0.25, 0.3) is 0 Å². The number of fused-ring (bicyclic) bond motifs is 1. The molecule has 14 heavy (non-hydrogen) atoms. The van der Waals surface area contributed by atoms with Crippen molar-refractivity contribution in [3.05, 3.63) is 23.8 Å². The van der Waals surface area contributed by atoms with Crippen LogP contribution in [0.15, 0.2) is 18.2 Å². The molecule has 0 spiro atoms. The summed E-state index contributed by atoms with van der Waals surface area (Å²) in [6.07, 6.45) is 3.45. The van der Waals surface area contributed by atoms with E-state index >= 15 is 0 Å². The average Bonchev–Trinajstić information content (AvgIpc) is 2.26. The van der Waals surface area contributed by atoms with Crippen molar-refractivity contribution in [3.8, 4) is 5.75 Å². The van der Waals surface area contributed by atoms with Crippen LogP contribution in [-0.4, -0.2) is 13.2 Å². The number of benzene rings is 1.